The number of nitro groups is 1. The molecule has 0 heterocycles. The molecule has 0 bridgehead atoms. The van der Waals surface area contributed by atoms with E-state index in [1.807, 2.05) is 0 Å². The molecular weight excluding hydrogens is 246 g/mol. The number of non-ortho nitro benzene ring substituents is 1. The average Bonchev–Trinajstić information content (AvgIpc) is 2.28. The molecule has 0 saturated heterocycles. The Labute approximate surface area is 105 Å². The van der Waals surface area contributed by atoms with Gasteiger partial charge >= 0.3 is 0 Å². The van der Waals surface area contributed by atoms with Crippen LogP contribution in [0.1, 0.15) is 17.3 Å². The van der Waals surface area contributed by atoms with Crippen LogP contribution >= 0.6 is 12.4 Å². The highest BCUT2D eigenvalue weighted by Gasteiger charge is 2.12. The SMILES string of the molecule is C[C@H](CN)NC(=O)c1cccc([N+](=O)[O-])c1.Cl. The average molecular weight is 260 g/mol. The zero-order valence-corrected chi connectivity index (χ0v) is 10.1. The molecule has 6 nitrogen and oxygen atoms in total. The van der Waals surface area contributed by atoms with Crippen molar-refractivity contribution in [2.75, 3.05) is 6.54 Å². The third-order valence-corrected chi connectivity index (χ3v) is 2.05. The summed E-state index contributed by atoms with van der Waals surface area (Å²) < 4.78 is 0. The quantitative estimate of drug-likeness (QED) is 0.625. The van der Waals surface area contributed by atoms with E-state index >= 15 is 0 Å². The fraction of sp³-hybridized carbons (Fsp3) is 0.300. The van der Waals surface area contributed by atoms with Gasteiger partial charge in [-0.3, -0.25) is 14.9 Å². The number of rotatable bonds is 4. The Hall–Kier alpha value is -1.66. The largest absolute Gasteiger partial charge is 0.348 e. The summed E-state index contributed by atoms with van der Waals surface area (Å²) in [7, 11) is 0. The maximum absolute atomic E-state index is 11.6. The van der Waals surface area contributed by atoms with E-state index in [1.54, 1.807) is 6.92 Å². The van der Waals surface area contributed by atoms with Crippen LogP contribution in [0.25, 0.3) is 0 Å². The second-order valence-electron chi connectivity index (χ2n) is 3.42. The monoisotopic (exact) mass is 259 g/mol. The first-order valence-corrected chi connectivity index (χ1v) is 4.80. The number of benzene rings is 1. The van der Waals surface area contributed by atoms with Crippen molar-refractivity contribution in [1.29, 1.82) is 0 Å². The molecule has 1 atom stereocenters. The second-order valence-corrected chi connectivity index (χ2v) is 3.42. The Morgan fingerprint density at radius 2 is 2.24 bits per heavy atom. The first kappa shape index (κ1) is 15.3. The lowest BCUT2D eigenvalue weighted by Crippen LogP contribution is -2.37. The molecular formula is C10H14ClN3O3. The number of nitrogens with one attached hydrogen (secondary N) is 1. The van der Waals surface area contributed by atoms with Gasteiger partial charge in [0.1, 0.15) is 0 Å². The molecule has 17 heavy (non-hydrogen) atoms. The van der Waals surface area contributed by atoms with Gasteiger partial charge in [0.05, 0.1) is 4.92 Å². The molecule has 0 spiro atoms. The van der Waals surface area contributed by atoms with Gasteiger partial charge in [0.15, 0.2) is 0 Å². The van der Waals surface area contributed by atoms with E-state index in [-0.39, 0.29) is 35.6 Å². The predicted molar refractivity (Wildman–Crippen MR) is 66.3 cm³/mol. The lowest BCUT2D eigenvalue weighted by atomic mass is 10.2. The highest BCUT2D eigenvalue weighted by molar-refractivity contribution is 5.94. The van der Waals surface area contributed by atoms with E-state index in [1.165, 1.54) is 24.3 Å². The highest BCUT2D eigenvalue weighted by Crippen LogP contribution is 2.12. The molecule has 1 rings (SSSR count). The normalized spacial score (nSPS) is 11.2. The van der Waals surface area contributed by atoms with Crippen molar-refractivity contribution >= 4 is 24.0 Å². The molecule has 0 saturated carbocycles. The minimum absolute atomic E-state index is 0. The summed E-state index contributed by atoms with van der Waals surface area (Å²) in [6.07, 6.45) is 0. The van der Waals surface area contributed by atoms with E-state index in [2.05, 4.69) is 5.32 Å². The van der Waals surface area contributed by atoms with Crippen molar-refractivity contribution in [1.82, 2.24) is 5.32 Å². The van der Waals surface area contributed by atoms with Crippen molar-refractivity contribution in [2.45, 2.75) is 13.0 Å². The minimum Gasteiger partial charge on any atom is -0.348 e. The van der Waals surface area contributed by atoms with Gasteiger partial charge in [0, 0.05) is 30.3 Å². The Morgan fingerprint density at radius 3 is 2.76 bits per heavy atom. The van der Waals surface area contributed by atoms with Crippen LogP contribution in [0.15, 0.2) is 24.3 Å². The summed E-state index contributed by atoms with van der Waals surface area (Å²) in [5, 5.41) is 13.1. The standard InChI is InChI=1S/C10H13N3O3.ClH/c1-7(6-11)12-10(14)8-3-2-4-9(5-8)13(15)16;/h2-5,7H,6,11H2,1H3,(H,12,14);1H/t7-;/m1./s1. The van der Waals surface area contributed by atoms with Crippen LogP contribution in [0.3, 0.4) is 0 Å². The van der Waals surface area contributed by atoms with Crippen LogP contribution < -0.4 is 11.1 Å². The summed E-state index contributed by atoms with van der Waals surface area (Å²) >= 11 is 0. The third kappa shape index (κ3) is 4.38. The predicted octanol–water partition coefficient (Wildman–Crippen LogP) is 1.09. The summed E-state index contributed by atoms with van der Waals surface area (Å²) in [5.41, 5.74) is 5.51. The van der Waals surface area contributed by atoms with E-state index in [4.69, 9.17) is 5.73 Å². The van der Waals surface area contributed by atoms with Gasteiger partial charge < -0.3 is 11.1 Å². The summed E-state index contributed by atoms with van der Waals surface area (Å²) in [4.78, 5) is 21.6. The van der Waals surface area contributed by atoms with Crippen LogP contribution in [0, 0.1) is 10.1 Å². The lowest BCUT2D eigenvalue weighted by molar-refractivity contribution is -0.384. The first-order valence-electron chi connectivity index (χ1n) is 4.80. The number of amides is 1. The van der Waals surface area contributed by atoms with E-state index in [9.17, 15) is 14.9 Å². The van der Waals surface area contributed by atoms with Crippen LogP contribution in [-0.4, -0.2) is 23.4 Å². The first-order chi connectivity index (χ1) is 7.54. The van der Waals surface area contributed by atoms with Crippen molar-refractivity contribution in [2.24, 2.45) is 5.73 Å². The number of carbonyl (C=O) groups is 1. The number of nitrogens with two attached hydrogens (primary N) is 1. The molecule has 0 fully saturated rings. The Balaban J connectivity index is 0.00000256. The number of carbonyl (C=O) groups excluding carboxylic acids is 1. The number of hydrogen-bond acceptors (Lipinski definition) is 4. The zero-order valence-electron chi connectivity index (χ0n) is 9.25. The Kier molecular flexibility index (Phi) is 6.16. The van der Waals surface area contributed by atoms with Crippen LogP contribution in [0.2, 0.25) is 0 Å². The fourth-order valence-corrected chi connectivity index (χ4v) is 1.13. The summed E-state index contributed by atoms with van der Waals surface area (Å²) in [6, 6.07) is 5.40. The van der Waals surface area contributed by atoms with Gasteiger partial charge in [0.2, 0.25) is 0 Å². The molecule has 94 valence electrons. The number of nitrogens with zero attached hydrogens (tertiary/aromatic N) is 1. The Morgan fingerprint density at radius 1 is 1.59 bits per heavy atom. The molecule has 7 heteroatoms. The molecule has 3 N–H and O–H groups in total. The van der Waals surface area contributed by atoms with E-state index < -0.39 is 4.92 Å². The van der Waals surface area contributed by atoms with Crippen molar-refractivity contribution in [3.8, 4) is 0 Å². The van der Waals surface area contributed by atoms with E-state index in [0.717, 1.165) is 0 Å². The van der Waals surface area contributed by atoms with Gasteiger partial charge in [-0.15, -0.1) is 12.4 Å². The molecule has 0 radical (unpaired) electrons. The van der Waals surface area contributed by atoms with Crippen molar-refractivity contribution < 1.29 is 9.72 Å². The third-order valence-electron chi connectivity index (χ3n) is 2.05. The minimum atomic E-state index is -0.539. The maximum Gasteiger partial charge on any atom is 0.270 e. The molecule has 1 aromatic rings. The van der Waals surface area contributed by atoms with Crippen LogP contribution in [0.4, 0.5) is 5.69 Å². The highest BCUT2D eigenvalue weighted by atomic mass is 35.5. The summed E-state index contributed by atoms with van der Waals surface area (Å²) in [5.74, 6) is -0.360. The van der Waals surface area contributed by atoms with Gasteiger partial charge in [-0.2, -0.15) is 0 Å². The molecule has 0 aliphatic heterocycles. The fourth-order valence-electron chi connectivity index (χ4n) is 1.13. The molecule has 1 aromatic carbocycles. The van der Waals surface area contributed by atoms with Crippen molar-refractivity contribution in [3.63, 3.8) is 0 Å². The van der Waals surface area contributed by atoms with Gasteiger partial charge in [-0.1, -0.05) is 6.07 Å². The topological polar surface area (TPSA) is 98.3 Å². The van der Waals surface area contributed by atoms with Gasteiger partial charge in [-0.25, -0.2) is 0 Å². The number of nitro benzene ring substituents is 1. The van der Waals surface area contributed by atoms with Crippen molar-refractivity contribution in [3.05, 3.63) is 39.9 Å². The van der Waals surface area contributed by atoms with E-state index in [0.29, 0.717) is 6.54 Å². The zero-order chi connectivity index (χ0) is 12.1. The number of halogens is 1. The lowest BCUT2D eigenvalue weighted by Gasteiger charge is -2.10. The molecule has 1 amide bonds. The van der Waals surface area contributed by atoms with Crippen LogP contribution in [0.5, 0.6) is 0 Å². The maximum atomic E-state index is 11.6. The molecule has 0 aliphatic rings. The van der Waals surface area contributed by atoms with Gasteiger partial charge in [-0.05, 0) is 13.0 Å². The summed E-state index contributed by atoms with van der Waals surface area (Å²) in [6.45, 7) is 2.08. The number of hydrogen-bond donors (Lipinski definition) is 2. The smallest absolute Gasteiger partial charge is 0.270 e. The molecule has 0 unspecified atom stereocenters. The molecule has 0 aromatic heterocycles. The van der Waals surface area contributed by atoms with Crippen LogP contribution in [-0.2, 0) is 0 Å². The van der Waals surface area contributed by atoms with Gasteiger partial charge in [0.25, 0.3) is 11.6 Å². The molecule has 0 aliphatic carbocycles. The second kappa shape index (κ2) is 6.82. The Bertz CT molecular complexity index is 412.